The third-order valence-corrected chi connectivity index (χ3v) is 3.72. The molecular formula is C13H21N3O2S. The molecular weight excluding hydrogens is 262 g/mol. The van der Waals surface area contributed by atoms with E-state index in [1.54, 1.807) is 17.4 Å². The Hall–Kier alpha value is -1.40. The van der Waals surface area contributed by atoms with Gasteiger partial charge >= 0.3 is 6.03 Å². The van der Waals surface area contributed by atoms with Crippen molar-refractivity contribution < 1.29 is 9.90 Å². The zero-order valence-electron chi connectivity index (χ0n) is 11.4. The minimum absolute atomic E-state index is 0.0611. The topological polar surface area (TPSA) is 65.5 Å². The van der Waals surface area contributed by atoms with Crippen molar-refractivity contribution in [3.8, 4) is 0 Å². The molecule has 0 saturated carbocycles. The summed E-state index contributed by atoms with van der Waals surface area (Å²) in [4.78, 5) is 18.0. The van der Waals surface area contributed by atoms with Crippen LogP contribution in [0.2, 0.25) is 0 Å². The normalized spacial score (nSPS) is 11.9. The molecule has 0 spiro atoms. The maximum Gasteiger partial charge on any atom is 0.318 e. The Bertz CT molecular complexity index is 420. The van der Waals surface area contributed by atoms with Crippen LogP contribution in [0.4, 0.5) is 4.79 Å². The first-order valence-electron chi connectivity index (χ1n) is 6.31. The standard InChI is InChI=1S/C13H21N3O2S/c1-4-6-16(7-8-17)13(18)15-11(5-2)12-14-10(3)9-19-12/h4,9,11,17H,1,5-8H2,2-3H3,(H,15,18). The number of carbonyl (C=O) groups is 1. The zero-order valence-corrected chi connectivity index (χ0v) is 12.2. The number of aliphatic hydroxyl groups is 1. The van der Waals surface area contributed by atoms with E-state index in [1.807, 2.05) is 19.2 Å². The van der Waals surface area contributed by atoms with Crippen molar-refractivity contribution in [3.05, 3.63) is 28.7 Å². The summed E-state index contributed by atoms with van der Waals surface area (Å²) in [6.07, 6.45) is 2.42. The summed E-state index contributed by atoms with van der Waals surface area (Å²) in [5.74, 6) is 0. The third kappa shape index (κ3) is 4.65. The highest BCUT2D eigenvalue weighted by Gasteiger charge is 2.19. The van der Waals surface area contributed by atoms with Gasteiger partial charge in [0.15, 0.2) is 0 Å². The van der Waals surface area contributed by atoms with Crippen molar-refractivity contribution in [3.63, 3.8) is 0 Å². The highest BCUT2D eigenvalue weighted by Crippen LogP contribution is 2.20. The molecule has 1 unspecified atom stereocenters. The maximum absolute atomic E-state index is 12.1. The molecule has 0 aliphatic carbocycles. The monoisotopic (exact) mass is 283 g/mol. The molecule has 1 atom stereocenters. The minimum atomic E-state index is -0.200. The molecule has 6 heteroatoms. The highest BCUT2D eigenvalue weighted by atomic mass is 32.1. The van der Waals surface area contributed by atoms with Crippen LogP contribution in [0.15, 0.2) is 18.0 Å². The van der Waals surface area contributed by atoms with Gasteiger partial charge in [-0.2, -0.15) is 0 Å². The molecule has 5 nitrogen and oxygen atoms in total. The lowest BCUT2D eigenvalue weighted by Crippen LogP contribution is -2.43. The number of nitrogens with one attached hydrogen (secondary N) is 1. The van der Waals surface area contributed by atoms with Crippen molar-refractivity contribution in [1.82, 2.24) is 15.2 Å². The molecule has 1 rings (SSSR count). The van der Waals surface area contributed by atoms with E-state index in [0.717, 1.165) is 17.1 Å². The number of aliphatic hydroxyl groups excluding tert-OH is 1. The fourth-order valence-electron chi connectivity index (χ4n) is 1.66. The van der Waals surface area contributed by atoms with Crippen LogP contribution in [0.3, 0.4) is 0 Å². The van der Waals surface area contributed by atoms with Crippen LogP contribution in [0.25, 0.3) is 0 Å². The second-order valence-corrected chi connectivity index (χ2v) is 5.09. The molecule has 0 fully saturated rings. The van der Waals surface area contributed by atoms with Gasteiger partial charge in [-0.15, -0.1) is 17.9 Å². The molecule has 1 aromatic heterocycles. The molecule has 2 amide bonds. The SMILES string of the molecule is C=CCN(CCO)C(=O)NC(CC)c1nc(C)cs1. The fraction of sp³-hybridized carbons (Fsp3) is 0.538. The molecule has 0 saturated heterocycles. The number of hydrogen-bond donors (Lipinski definition) is 2. The van der Waals surface area contributed by atoms with E-state index in [-0.39, 0.29) is 18.7 Å². The number of amides is 2. The fourth-order valence-corrected chi connectivity index (χ4v) is 2.59. The van der Waals surface area contributed by atoms with Crippen LogP contribution in [0.1, 0.15) is 30.1 Å². The first-order valence-corrected chi connectivity index (χ1v) is 7.19. The van der Waals surface area contributed by atoms with Crippen LogP contribution in [-0.2, 0) is 0 Å². The van der Waals surface area contributed by atoms with E-state index in [9.17, 15) is 4.79 Å². The summed E-state index contributed by atoms with van der Waals surface area (Å²) in [7, 11) is 0. The molecule has 1 heterocycles. The van der Waals surface area contributed by atoms with Crippen LogP contribution in [0.5, 0.6) is 0 Å². The number of thiazole rings is 1. The number of nitrogens with zero attached hydrogens (tertiary/aromatic N) is 2. The van der Waals surface area contributed by atoms with Crippen molar-refractivity contribution in [2.24, 2.45) is 0 Å². The van der Waals surface area contributed by atoms with Crippen LogP contribution < -0.4 is 5.32 Å². The van der Waals surface area contributed by atoms with Gasteiger partial charge in [0.25, 0.3) is 0 Å². The molecule has 0 aromatic carbocycles. The summed E-state index contributed by atoms with van der Waals surface area (Å²) >= 11 is 1.55. The Morgan fingerprint density at radius 3 is 2.95 bits per heavy atom. The predicted octanol–water partition coefficient (Wildman–Crippen LogP) is 2.09. The number of rotatable bonds is 7. The second kappa shape index (κ2) is 7.91. The Morgan fingerprint density at radius 1 is 1.74 bits per heavy atom. The smallest absolute Gasteiger partial charge is 0.318 e. The lowest BCUT2D eigenvalue weighted by atomic mass is 10.2. The van der Waals surface area contributed by atoms with Gasteiger partial charge in [-0.05, 0) is 13.3 Å². The zero-order chi connectivity index (χ0) is 14.3. The summed E-state index contributed by atoms with van der Waals surface area (Å²) in [5, 5.41) is 14.8. The van der Waals surface area contributed by atoms with Crippen LogP contribution in [0, 0.1) is 6.92 Å². The van der Waals surface area contributed by atoms with E-state index in [2.05, 4.69) is 16.9 Å². The van der Waals surface area contributed by atoms with Crippen LogP contribution >= 0.6 is 11.3 Å². The van der Waals surface area contributed by atoms with E-state index in [4.69, 9.17) is 5.11 Å². The summed E-state index contributed by atoms with van der Waals surface area (Å²) in [6, 6.07) is -0.286. The second-order valence-electron chi connectivity index (χ2n) is 4.20. The summed E-state index contributed by atoms with van der Waals surface area (Å²) < 4.78 is 0. The van der Waals surface area contributed by atoms with Crippen molar-refractivity contribution in [2.75, 3.05) is 19.7 Å². The third-order valence-electron chi connectivity index (χ3n) is 2.65. The largest absolute Gasteiger partial charge is 0.395 e. The number of urea groups is 1. The average molecular weight is 283 g/mol. The number of aryl methyl sites for hydroxylation is 1. The molecule has 0 aliphatic heterocycles. The lowest BCUT2D eigenvalue weighted by molar-refractivity contribution is 0.180. The van der Waals surface area contributed by atoms with E-state index in [0.29, 0.717) is 13.1 Å². The summed E-state index contributed by atoms with van der Waals surface area (Å²) in [5.41, 5.74) is 0.964. The Balaban J connectivity index is 2.68. The van der Waals surface area contributed by atoms with E-state index in [1.165, 1.54) is 4.90 Å². The molecule has 1 aromatic rings. The van der Waals surface area contributed by atoms with Crippen molar-refractivity contribution in [1.29, 1.82) is 0 Å². The number of hydrogen-bond acceptors (Lipinski definition) is 4. The average Bonchev–Trinajstić information content (AvgIpc) is 2.82. The summed E-state index contributed by atoms with van der Waals surface area (Å²) in [6.45, 7) is 8.20. The Labute approximate surface area is 118 Å². The number of aromatic nitrogens is 1. The van der Waals surface area contributed by atoms with E-state index < -0.39 is 0 Å². The lowest BCUT2D eigenvalue weighted by Gasteiger charge is -2.23. The Kier molecular flexibility index (Phi) is 6.52. The van der Waals surface area contributed by atoms with Gasteiger partial charge in [0.05, 0.1) is 12.6 Å². The molecule has 0 aliphatic rings. The van der Waals surface area contributed by atoms with Gasteiger partial charge in [0.1, 0.15) is 5.01 Å². The van der Waals surface area contributed by atoms with E-state index >= 15 is 0 Å². The molecule has 2 N–H and O–H groups in total. The van der Waals surface area contributed by atoms with Crippen molar-refractivity contribution >= 4 is 17.4 Å². The molecule has 0 radical (unpaired) electrons. The van der Waals surface area contributed by atoms with Crippen molar-refractivity contribution in [2.45, 2.75) is 26.3 Å². The van der Waals surface area contributed by atoms with Gasteiger partial charge in [-0.25, -0.2) is 9.78 Å². The minimum Gasteiger partial charge on any atom is -0.395 e. The maximum atomic E-state index is 12.1. The highest BCUT2D eigenvalue weighted by molar-refractivity contribution is 7.09. The Morgan fingerprint density at radius 2 is 2.47 bits per heavy atom. The molecule has 19 heavy (non-hydrogen) atoms. The quantitative estimate of drug-likeness (QED) is 0.753. The van der Waals surface area contributed by atoms with Gasteiger partial charge < -0.3 is 15.3 Å². The first kappa shape index (κ1) is 15.7. The van der Waals surface area contributed by atoms with Gasteiger partial charge in [0, 0.05) is 24.2 Å². The molecule has 0 bridgehead atoms. The predicted molar refractivity (Wildman–Crippen MR) is 77.3 cm³/mol. The van der Waals surface area contributed by atoms with Gasteiger partial charge in [0.2, 0.25) is 0 Å². The number of carbonyl (C=O) groups excluding carboxylic acids is 1. The first-order chi connectivity index (χ1) is 9.12. The van der Waals surface area contributed by atoms with Crippen LogP contribution in [-0.4, -0.2) is 40.7 Å². The van der Waals surface area contributed by atoms with Gasteiger partial charge in [-0.3, -0.25) is 0 Å². The molecule has 106 valence electrons. The van der Waals surface area contributed by atoms with Gasteiger partial charge in [-0.1, -0.05) is 13.0 Å².